The Hall–Kier alpha value is -1.05. The second-order valence-corrected chi connectivity index (χ2v) is 5.08. The minimum absolute atomic E-state index is 0.369. The van der Waals surface area contributed by atoms with Gasteiger partial charge in [0, 0.05) is 25.5 Å². The van der Waals surface area contributed by atoms with Crippen LogP contribution in [0.1, 0.15) is 24.0 Å². The highest BCUT2D eigenvalue weighted by molar-refractivity contribution is 9.08. The molecule has 0 saturated carbocycles. The van der Waals surface area contributed by atoms with Crippen molar-refractivity contribution in [3.63, 3.8) is 0 Å². The molecule has 18 heavy (non-hydrogen) atoms. The predicted octanol–water partition coefficient (Wildman–Crippen LogP) is 3.07. The zero-order chi connectivity index (χ0) is 13.0. The van der Waals surface area contributed by atoms with Crippen LogP contribution in [0.15, 0.2) is 18.2 Å². The Labute approximate surface area is 116 Å². The summed E-state index contributed by atoms with van der Waals surface area (Å²) >= 11 is 3.42. The first-order valence-corrected chi connectivity index (χ1v) is 7.27. The number of anilines is 1. The molecule has 1 aromatic rings. The second kappa shape index (κ2) is 6.21. The van der Waals surface area contributed by atoms with Crippen LogP contribution >= 0.6 is 15.9 Å². The highest BCUT2D eigenvalue weighted by Gasteiger charge is 2.20. The molecule has 1 aliphatic heterocycles. The fourth-order valence-corrected chi connectivity index (χ4v) is 2.71. The van der Waals surface area contributed by atoms with Crippen molar-refractivity contribution in [2.24, 2.45) is 0 Å². The third-order valence-electron chi connectivity index (χ3n) is 3.45. The molecule has 4 heteroatoms. The fourth-order valence-electron chi connectivity index (χ4n) is 2.36. The summed E-state index contributed by atoms with van der Waals surface area (Å²) in [6.45, 7) is 1.92. The quantitative estimate of drug-likeness (QED) is 0.805. The molecule has 1 saturated heterocycles. The van der Waals surface area contributed by atoms with Crippen molar-refractivity contribution in [1.82, 2.24) is 0 Å². The average Bonchev–Trinajstić information content (AvgIpc) is 2.46. The lowest BCUT2D eigenvalue weighted by molar-refractivity contribution is 0.0819. The molecule has 3 nitrogen and oxygen atoms in total. The summed E-state index contributed by atoms with van der Waals surface area (Å²) in [5, 5.41) is 10.0. The van der Waals surface area contributed by atoms with Gasteiger partial charge in [-0.15, -0.1) is 0 Å². The second-order valence-electron chi connectivity index (χ2n) is 4.52. The van der Waals surface area contributed by atoms with Crippen LogP contribution in [-0.4, -0.2) is 26.3 Å². The molecular formula is C14H17BrN2O. The van der Waals surface area contributed by atoms with E-state index in [2.05, 4.69) is 39.0 Å². The zero-order valence-corrected chi connectivity index (χ0v) is 12.1. The van der Waals surface area contributed by atoms with E-state index in [9.17, 15) is 5.26 Å². The van der Waals surface area contributed by atoms with Gasteiger partial charge in [-0.1, -0.05) is 22.0 Å². The maximum atomic E-state index is 9.25. The molecule has 0 unspecified atom stereocenters. The van der Waals surface area contributed by atoms with E-state index in [1.807, 2.05) is 6.07 Å². The van der Waals surface area contributed by atoms with Crippen molar-refractivity contribution in [3.05, 3.63) is 29.3 Å². The maximum Gasteiger partial charge on any atom is 0.101 e. The first kappa shape index (κ1) is 13.4. The number of halogens is 1. The number of piperidine rings is 1. The Bertz CT molecular complexity index is 448. The third kappa shape index (κ3) is 2.85. The Kier molecular flexibility index (Phi) is 4.62. The Morgan fingerprint density at radius 1 is 1.44 bits per heavy atom. The lowest BCUT2D eigenvalue weighted by Gasteiger charge is -2.33. The van der Waals surface area contributed by atoms with E-state index in [0.717, 1.165) is 48.1 Å². The SMILES string of the molecule is COC1CCN(c2ccc(CBr)cc2C#N)CC1. The van der Waals surface area contributed by atoms with Crippen LogP contribution in [-0.2, 0) is 10.1 Å². The van der Waals surface area contributed by atoms with Crippen LogP contribution in [0.25, 0.3) is 0 Å². The largest absolute Gasteiger partial charge is 0.381 e. The fraction of sp³-hybridized carbons (Fsp3) is 0.500. The average molecular weight is 309 g/mol. The summed E-state index contributed by atoms with van der Waals surface area (Å²) in [5.41, 5.74) is 2.96. The van der Waals surface area contributed by atoms with E-state index in [0.29, 0.717) is 6.10 Å². The first-order valence-electron chi connectivity index (χ1n) is 6.15. The van der Waals surface area contributed by atoms with Crippen LogP contribution in [0.3, 0.4) is 0 Å². The molecule has 1 fully saturated rings. The summed E-state index contributed by atoms with van der Waals surface area (Å²) in [7, 11) is 1.77. The molecule has 0 spiro atoms. The monoisotopic (exact) mass is 308 g/mol. The van der Waals surface area contributed by atoms with Gasteiger partial charge in [0.15, 0.2) is 0 Å². The van der Waals surface area contributed by atoms with E-state index in [1.165, 1.54) is 0 Å². The molecule has 1 aliphatic rings. The molecule has 0 N–H and O–H groups in total. The summed E-state index contributed by atoms with van der Waals surface area (Å²) in [6, 6.07) is 8.40. The van der Waals surface area contributed by atoms with Gasteiger partial charge in [-0.2, -0.15) is 5.26 Å². The van der Waals surface area contributed by atoms with E-state index in [4.69, 9.17) is 4.74 Å². The smallest absolute Gasteiger partial charge is 0.101 e. The summed E-state index contributed by atoms with van der Waals surface area (Å²) in [6.07, 6.45) is 2.43. The summed E-state index contributed by atoms with van der Waals surface area (Å²) < 4.78 is 5.37. The molecule has 96 valence electrons. The minimum Gasteiger partial charge on any atom is -0.381 e. The molecule has 0 aliphatic carbocycles. The number of rotatable bonds is 3. The Balaban J connectivity index is 2.16. The lowest BCUT2D eigenvalue weighted by Crippen LogP contribution is -2.37. The number of benzene rings is 1. The predicted molar refractivity (Wildman–Crippen MR) is 76.0 cm³/mol. The van der Waals surface area contributed by atoms with Crippen molar-refractivity contribution in [3.8, 4) is 6.07 Å². The molecule has 0 amide bonds. The van der Waals surface area contributed by atoms with Gasteiger partial charge in [-0.3, -0.25) is 0 Å². The van der Waals surface area contributed by atoms with Gasteiger partial charge in [0.05, 0.1) is 17.4 Å². The number of ether oxygens (including phenoxy) is 1. The van der Waals surface area contributed by atoms with Crippen LogP contribution in [0.5, 0.6) is 0 Å². The van der Waals surface area contributed by atoms with E-state index in [1.54, 1.807) is 7.11 Å². The van der Waals surface area contributed by atoms with Gasteiger partial charge in [0.25, 0.3) is 0 Å². The molecular weight excluding hydrogens is 292 g/mol. The number of hydrogen-bond donors (Lipinski definition) is 0. The topological polar surface area (TPSA) is 36.3 Å². The molecule has 0 bridgehead atoms. The van der Waals surface area contributed by atoms with Gasteiger partial charge in [0.2, 0.25) is 0 Å². The molecule has 0 aromatic heterocycles. The molecule has 2 rings (SSSR count). The van der Waals surface area contributed by atoms with E-state index in [-0.39, 0.29) is 0 Å². The number of methoxy groups -OCH3 is 1. The normalized spacial score (nSPS) is 16.6. The first-order chi connectivity index (χ1) is 8.78. The number of nitrogens with zero attached hydrogens (tertiary/aromatic N) is 2. The van der Waals surface area contributed by atoms with Gasteiger partial charge in [-0.25, -0.2) is 0 Å². The van der Waals surface area contributed by atoms with Crippen LogP contribution < -0.4 is 4.90 Å². The van der Waals surface area contributed by atoms with Gasteiger partial charge in [0.1, 0.15) is 6.07 Å². The highest BCUT2D eigenvalue weighted by Crippen LogP contribution is 2.26. The third-order valence-corrected chi connectivity index (χ3v) is 4.10. The van der Waals surface area contributed by atoms with Crippen LogP contribution in [0.2, 0.25) is 0 Å². The van der Waals surface area contributed by atoms with Crippen LogP contribution in [0.4, 0.5) is 5.69 Å². The Morgan fingerprint density at radius 3 is 2.72 bits per heavy atom. The van der Waals surface area contributed by atoms with Gasteiger partial charge < -0.3 is 9.64 Å². The van der Waals surface area contributed by atoms with Crippen molar-refractivity contribution >= 4 is 21.6 Å². The number of alkyl halides is 1. The molecule has 0 radical (unpaired) electrons. The molecule has 1 heterocycles. The van der Waals surface area contributed by atoms with Crippen molar-refractivity contribution < 1.29 is 4.74 Å². The van der Waals surface area contributed by atoms with Crippen molar-refractivity contribution in [2.45, 2.75) is 24.3 Å². The standard InChI is InChI=1S/C14H17BrN2O/c1-18-13-4-6-17(7-5-13)14-3-2-11(9-15)8-12(14)10-16/h2-3,8,13H,4-7,9H2,1H3. The maximum absolute atomic E-state index is 9.25. The number of nitriles is 1. The Morgan fingerprint density at radius 2 is 2.17 bits per heavy atom. The minimum atomic E-state index is 0.369. The van der Waals surface area contributed by atoms with E-state index >= 15 is 0 Å². The van der Waals surface area contributed by atoms with Crippen LogP contribution in [0, 0.1) is 11.3 Å². The zero-order valence-electron chi connectivity index (χ0n) is 10.5. The van der Waals surface area contributed by atoms with Gasteiger partial charge in [-0.05, 0) is 30.5 Å². The highest BCUT2D eigenvalue weighted by atomic mass is 79.9. The van der Waals surface area contributed by atoms with Crippen molar-refractivity contribution in [1.29, 1.82) is 5.26 Å². The van der Waals surface area contributed by atoms with Gasteiger partial charge >= 0.3 is 0 Å². The van der Waals surface area contributed by atoms with Crippen molar-refractivity contribution in [2.75, 3.05) is 25.1 Å². The summed E-state index contributed by atoms with van der Waals surface area (Å²) in [4.78, 5) is 2.28. The van der Waals surface area contributed by atoms with E-state index < -0.39 is 0 Å². The summed E-state index contributed by atoms with van der Waals surface area (Å²) in [5.74, 6) is 0. The molecule has 0 atom stereocenters. The molecule has 1 aromatic carbocycles. The lowest BCUT2D eigenvalue weighted by atomic mass is 10.0. The number of hydrogen-bond acceptors (Lipinski definition) is 3.